The number of anilines is 1. The number of aliphatic hydroxyl groups excluding tert-OH is 1. The first-order valence-electron chi connectivity index (χ1n) is 7.67. The Morgan fingerprint density at radius 1 is 1.44 bits per heavy atom. The fourth-order valence-corrected chi connectivity index (χ4v) is 3.53. The molecule has 0 bridgehead atoms. The summed E-state index contributed by atoms with van der Waals surface area (Å²) in [4.78, 5) is 3.76. The van der Waals surface area contributed by atoms with Gasteiger partial charge < -0.3 is 25.1 Å². The third kappa shape index (κ3) is 2.07. The van der Waals surface area contributed by atoms with E-state index in [2.05, 4.69) is 16.2 Å². The van der Waals surface area contributed by atoms with E-state index < -0.39 is 35.5 Å². The van der Waals surface area contributed by atoms with Gasteiger partial charge in [0.05, 0.1) is 12.3 Å². The number of nitrogens with zero attached hydrogens (tertiary/aromatic N) is 4. The molecule has 2 fully saturated rings. The van der Waals surface area contributed by atoms with Crippen LogP contribution in [0.5, 0.6) is 0 Å². The molecule has 2 aromatic rings. The lowest BCUT2D eigenvalue weighted by atomic mass is 9.92. The van der Waals surface area contributed by atoms with Crippen LogP contribution in [0.2, 0.25) is 0 Å². The summed E-state index contributed by atoms with van der Waals surface area (Å²) in [6, 6.07) is 3.19. The lowest BCUT2D eigenvalue weighted by Crippen LogP contribution is -2.40. The predicted molar refractivity (Wildman–Crippen MR) is 80.4 cm³/mol. The second-order valence-corrected chi connectivity index (χ2v) is 6.49. The summed E-state index contributed by atoms with van der Waals surface area (Å²) in [6.07, 6.45) is -1.22. The van der Waals surface area contributed by atoms with Crippen LogP contribution in [-0.2, 0) is 19.8 Å². The molecule has 25 heavy (non-hydrogen) atoms. The van der Waals surface area contributed by atoms with Crippen molar-refractivity contribution in [1.29, 1.82) is 5.26 Å². The normalized spacial score (nSPS) is 33.5. The molecule has 0 radical (unpaired) electrons. The summed E-state index contributed by atoms with van der Waals surface area (Å²) in [7, 11) is 0. The van der Waals surface area contributed by atoms with Crippen LogP contribution >= 0.6 is 0 Å². The van der Waals surface area contributed by atoms with Gasteiger partial charge in [0.2, 0.25) is 5.60 Å². The first kappa shape index (κ1) is 16.2. The maximum atomic E-state index is 14.4. The molecule has 3 N–H and O–H groups in total. The standard InChI is InChI=1S/C15H16FN5O4/c1-14(2)24-11-8(4-22)23-15(5-17,12(11)25-14)9-3-7(16)10-13(18)19-6-20-21(9)10/h3,6,8,11-12,22H,4H2,1-2H3,(H2,18,19,20)/t8-,11-,12-,15+/m1/s1. The molecule has 10 heteroatoms. The van der Waals surface area contributed by atoms with E-state index in [0.29, 0.717) is 0 Å². The van der Waals surface area contributed by atoms with Gasteiger partial charge in [0, 0.05) is 6.07 Å². The van der Waals surface area contributed by atoms with Gasteiger partial charge >= 0.3 is 0 Å². The number of aromatic nitrogens is 3. The number of hydrogen-bond donors (Lipinski definition) is 2. The van der Waals surface area contributed by atoms with Gasteiger partial charge in [-0.3, -0.25) is 0 Å². The second kappa shape index (κ2) is 5.09. The van der Waals surface area contributed by atoms with Gasteiger partial charge in [-0.25, -0.2) is 13.9 Å². The summed E-state index contributed by atoms with van der Waals surface area (Å²) in [5.74, 6) is -1.73. The number of aliphatic hydroxyl groups is 1. The van der Waals surface area contributed by atoms with Gasteiger partial charge in [-0.15, -0.1) is 0 Å². The average Bonchev–Trinajstić information content (AvgIpc) is 3.16. The highest BCUT2D eigenvalue weighted by Crippen LogP contribution is 2.49. The van der Waals surface area contributed by atoms with Crippen LogP contribution < -0.4 is 5.73 Å². The number of halogens is 1. The molecule has 4 atom stereocenters. The van der Waals surface area contributed by atoms with Crippen molar-refractivity contribution in [2.24, 2.45) is 0 Å². The largest absolute Gasteiger partial charge is 0.394 e. The molecule has 0 unspecified atom stereocenters. The summed E-state index contributed by atoms with van der Waals surface area (Å²) < 4.78 is 33.1. The van der Waals surface area contributed by atoms with Crippen molar-refractivity contribution in [3.63, 3.8) is 0 Å². The predicted octanol–water partition coefficient (Wildman–Crippen LogP) is 0.0807. The van der Waals surface area contributed by atoms with Crippen molar-refractivity contribution >= 4 is 11.3 Å². The molecule has 0 amide bonds. The highest BCUT2D eigenvalue weighted by Gasteiger charge is 2.65. The number of nitrogens with two attached hydrogens (primary N) is 1. The number of hydrogen-bond acceptors (Lipinski definition) is 8. The molecule has 2 aliphatic heterocycles. The molecule has 0 aliphatic carbocycles. The third-order valence-electron chi connectivity index (χ3n) is 4.50. The molecule has 9 nitrogen and oxygen atoms in total. The lowest BCUT2D eigenvalue weighted by Gasteiger charge is -2.28. The summed E-state index contributed by atoms with van der Waals surface area (Å²) in [5.41, 5.74) is 4.05. The number of ether oxygens (including phenoxy) is 3. The van der Waals surface area contributed by atoms with Crippen LogP contribution in [0.1, 0.15) is 19.5 Å². The summed E-state index contributed by atoms with van der Waals surface area (Å²) >= 11 is 0. The molecular formula is C15H16FN5O4. The fourth-order valence-electron chi connectivity index (χ4n) is 3.53. The van der Waals surface area contributed by atoms with Crippen LogP contribution in [0, 0.1) is 17.1 Å². The molecule has 0 spiro atoms. The SMILES string of the molecule is CC1(C)O[C@H]2[C@@H](O1)[C@](C#N)(c1cc(F)c3c(N)ncnn13)O[C@@H]2CO. The number of nitriles is 1. The Morgan fingerprint density at radius 3 is 2.88 bits per heavy atom. The number of rotatable bonds is 2. The minimum Gasteiger partial charge on any atom is -0.394 e. The summed E-state index contributed by atoms with van der Waals surface area (Å²) in [5, 5.41) is 23.6. The van der Waals surface area contributed by atoms with E-state index >= 15 is 0 Å². The maximum absolute atomic E-state index is 14.4. The molecule has 4 heterocycles. The van der Waals surface area contributed by atoms with E-state index in [4.69, 9.17) is 19.9 Å². The van der Waals surface area contributed by atoms with Crippen molar-refractivity contribution in [3.05, 3.63) is 23.9 Å². The zero-order chi connectivity index (χ0) is 18.0. The van der Waals surface area contributed by atoms with Crippen molar-refractivity contribution in [3.8, 4) is 6.07 Å². The Hall–Kier alpha value is -2.32. The van der Waals surface area contributed by atoms with E-state index in [1.54, 1.807) is 13.8 Å². The third-order valence-corrected chi connectivity index (χ3v) is 4.50. The Kier molecular flexibility index (Phi) is 3.29. The lowest BCUT2D eigenvalue weighted by molar-refractivity contribution is -0.204. The van der Waals surface area contributed by atoms with Gasteiger partial charge in [0.25, 0.3) is 0 Å². The van der Waals surface area contributed by atoms with Crippen LogP contribution in [0.4, 0.5) is 10.2 Å². The van der Waals surface area contributed by atoms with Gasteiger partial charge in [0.1, 0.15) is 36.2 Å². The second-order valence-electron chi connectivity index (χ2n) is 6.49. The topological polar surface area (TPSA) is 128 Å². The van der Waals surface area contributed by atoms with Gasteiger partial charge in [-0.05, 0) is 13.8 Å². The zero-order valence-electron chi connectivity index (χ0n) is 13.5. The van der Waals surface area contributed by atoms with Crippen LogP contribution in [0.3, 0.4) is 0 Å². The van der Waals surface area contributed by atoms with Crippen LogP contribution in [0.25, 0.3) is 5.52 Å². The van der Waals surface area contributed by atoms with E-state index in [1.807, 2.05) is 0 Å². The molecule has 2 aliphatic rings. The van der Waals surface area contributed by atoms with Crippen molar-refractivity contribution in [2.45, 2.75) is 43.5 Å². The molecule has 0 aromatic carbocycles. The zero-order valence-corrected chi connectivity index (χ0v) is 13.5. The van der Waals surface area contributed by atoms with Gasteiger partial charge in [-0.1, -0.05) is 0 Å². The quantitative estimate of drug-likeness (QED) is 0.780. The highest BCUT2D eigenvalue weighted by atomic mass is 19.1. The molecule has 2 aromatic heterocycles. The molecule has 0 saturated carbocycles. The Morgan fingerprint density at radius 2 is 2.20 bits per heavy atom. The average molecular weight is 349 g/mol. The minimum absolute atomic E-state index is 0.0575. The van der Waals surface area contributed by atoms with Crippen LogP contribution in [0.15, 0.2) is 12.4 Å². The fraction of sp³-hybridized carbons (Fsp3) is 0.533. The molecule has 4 rings (SSSR count). The number of fused-ring (bicyclic) bond motifs is 2. The van der Waals surface area contributed by atoms with E-state index in [0.717, 1.165) is 12.4 Å². The van der Waals surface area contributed by atoms with Crippen molar-refractivity contribution in [2.75, 3.05) is 12.3 Å². The van der Waals surface area contributed by atoms with Crippen molar-refractivity contribution in [1.82, 2.24) is 14.6 Å². The van der Waals surface area contributed by atoms with E-state index in [1.165, 1.54) is 4.52 Å². The number of nitrogen functional groups attached to an aromatic ring is 1. The summed E-state index contributed by atoms with van der Waals surface area (Å²) in [6.45, 7) is 3.00. The smallest absolute Gasteiger partial charge is 0.226 e. The molecule has 2 saturated heterocycles. The monoisotopic (exact) mass is 349 g/mol. The van der Waals surface area contributed by atoms with Gasteiger partial charge in [0.15, 0.2) is 17.4 Å². The minimum atomic E-state index is -1.72. The molecule has 132 valence electrons. The van der Waals surface area contributed by atoms with Crippen LogP contribution in [-0.4, -0.2) is 50.4 Å². The Balaban J connectivity index is 1.94. The Bertz CT molecular complexity index is 894. The first-order chi connectivity index (χ1) is 11.8. The van der Waals surface area contributed by atoms with E-state index in [-0.39, 0.29) is 23.6 Å². The van der Waals surface area contributed by atoms with Gasteiger partial charge in [-0.2, -0.15) is 10.4 Å². The Labute approximate surface area is 141 Å². The molecular weight excluding hydrogens is 333 g/mol. The maximum Gasteiger partial charge on any atom is 0.226 e. The first-order valence-corrected chi connectivity index (χ1v) is 7.67. The highest BCUT2D eigenvalue weighted by molar-refractivity contribution is 5.67. The van der Waals surface area contributed by atoms with E-state index in [9.17, 15) is 14.8 Å². The van der Waals surface area contributed by atoms with Crippen molar-refractivity contribution < 1.29 is 23.7 Å².